The predicted molar refractivity (Wildman–Crippen MR) is 187 cm³/mol. The van der Waals surface area contributed by atoms with Crippen LogP contribution in [0.2, 0.25) is 5.02 Å². The van der Waals surface area contributed by atoms with Crippen LogP contribution in [0.15, 0.2) is 95.4 Å². The predicted octanol–water partition coefficient (Wildman–Crippen LogP) is 8.77. The maximum absolute atomic E-state index is 12.7. The summed E-state index contributed by atoms with van der Waals surface area (Å²) in [6.45, 7) is 0.426. The van der Waals surface area contributed by atoms with Crippen molar-refractivity contribution in [3.05, 3.63) is 119 Å². The van der Waals surface area contributed by atoms with Crippen LogP contribution in [0.4, 0.5) is 10.8 Å². The molecule has 0 atom stereocenters. The minimum Gasteiger partial charge on any atom is -0.493 e. The molecule has 7 nitrogen and oxygen atoms in total. The van der Waals surface area contributed by atoms with E-state index in [-0.39, 0.29) is 5.91 Å². The Kier molecular flexibility index (Phi) is 10.3. The van der Waals surface area contributed by atoms with Gasteiger partial charge < -0.3 is 14.8 Å². The first-order valence-corrected chi connectivity index (χ1v) is 16.0. The fraction of sp³-hybridized carbons (Fsp3) is 0.0645. The molecule has 0 saturated heterocycles. The lowest BCUT2D eigenvalue weighted by molar-refractivity contribution is 0.0955. The van der Waals surface area contributed by atoms with Crippen molar-refractivity contribution >= 4 is 91.1 Å². The van der Waals surface area contributed by atoms with E-state index in [0.29, 0.717) is 28.7 Å². The van der Waals surface area contributed by atoms with E-state index >= 15 is 0 Å². The van der Waals surface area contributed by atoms with Crippen molar-refractivity contribution in [1.29, 1.82) is 0 Å². The van der Waals surface area contributed by atoms with Gasteiger partial charge in [0.15, 0.2) is 16.6 Å². The average Bonchev–Trinajstić information content (AvgIpc) is 3.47. The van der Waals surface area contributed by atoms with Gasteiger partial charge in [-0.2, -0.15) is 5.10 Å². The molecule has 0 unspecified atom stereocenters. The second kappa shape index (κ2) is 14.3. The van der Waals surface area contributed by atoms with E-state index in [1.54, 1.807) is 25.5 Å². The van der Waals surface area contributed by atoms with Gasteiger partial charge in [0.05, 0.1) is 22.6 Å². The van der Waals surface area contributed by atoms with Gasteiger partial charge in [-0.05, 0) is 117 Å². The zero-order valence-corrected chi connectivity index (χ0v) is 28.0. The van der Waals surface area contributed by atoms with E-state index in [9.17, 15) is 4.79 Å². The summed E-state index contributed by atoms with van der Waals surface area (Å²) in [5, 5.41) is 10.8. The molecule has 5 rings (SSSR count). The number of hydrogen-bond acceptors (Lipinski definition) is 7. The van der Waals surface area contributed by atoms with Crippen LogP contribution >= 0.6 is 68.1 Å². The molecule has 4 aromatic carbocycles. The van der Waals surface area contributed by atoms with E-state index in [1.165, 1.54) is 14.9 Å². The Morgan fingerprint density at radius 3 is 2.48 bits per heavy atom. The molecular weight excluding hydrogens is 798 g/mol. The zero-order valence-electron chi connectivity index (χ0n) is 22.1. The number of nitrogens with one attached hydrogen (secondary N) is 2. The monoisotopic (exact) mass is 820 g/mol. The third-order valence-electron chi connectivity index (χ3n) is 5.97. The first kappa shape index (κ1) is 30.3. The number of carbonyl (C=O) groups excluding carboxylic acids is 1. The van der Waals surface area contributed by atoms with Crippen molar-refractivity contribution in [2.75, 3.05) is 12.4 Å². The molecular formula is C31H23ClI2N4O3S. The Morgan fingerprint density at radius 2 is 1.76 bits per heavy atom. The lowest BCUT2D eigenvalue weighted by Gasteiger charge is -2.13. The second-order valence-electron chi connectivity index (χ2n) is 8.90. The summed E-state index contributed by atoms with van der Waals surface area (Å²) in [4.78, 5) is 17.3. The highest BCUT2D eigenvalue weighted by Gasteiger charge is 2.12. The first-order valence-electron chi connectivity index (χ1n) is 12.5. The maximum atomic E-state index is 12.7. The number of anilines is 2. The maximum Gasteiger partial charge on any atom is 0.271 e. The number of amides is 1. The van der Waals surface area contributed by atoms with Crippen molar-refractivity contribution in [1.82, 2.24) is 10.4 Å². The number of aromatic nitrogens is 1. The van der Waals surface area contributed by atoms with Crippen LogP contribution in [-0.4, -0.2) is 24.2 Å². The van der Waals surface area contributed by atoms with Crippen LogP contribution < -0.4 is 20.2 Å². The number of carbonyl (C=O) groups is 1. The highest BCUT2D eigenvalue weighted by Crippen LogP contribution is 2.34. The molecule has 0 aliphatic heterocycles. The van der Waals surface area contributed by atoms with Crippen molar-refractivity contribution in [3.8, 4) is 22.8 Å². The molecule has 1 amide bonds. The van der Waals surface area contributed by atoms with E-state index in [0.717, 1.165) is 36.8 Å². The Labute approximate surface area is 279 Å². The number of thiazole rings is 1. The summed E-state index contributed by atoms with van der Waals surface area (Å²) in [5.74, 6) is 0.926. The van der Waals surface area contributed by atoms with Crippen molar-refractivity contribution in [3.63, 3.8) is 0 Å². The number of hydrogen-bond donors (Lipinski definition) is 2. The number of rotatable bonds is 10. The molecule has 0 fully saturated rings. The van der Waals surface area contributed by atoms with Crippen LogP contribution in [0.5, 0.6) is 11.5 Å². The summed E-state index contributed by atoms with van der Waals surface area (Å²) in [7, 11) is 1.60. The van der Waals surface area contributed by atoms with Crippen molar-refractivity contribution < 1.29 is 14.3 Å². The fourth-order valence-corrected chi connectivity index (χ4v) is 5.84. The number of halogens is 3. The number of hydrazone groups is 1. The SMILES string of the molecule is COc1cc(/C=N\NC(=O)c2ccc(-c3csc(Nc4ccc(Cl)cc4)n3)cc2)cc(I)c1OCc1ccc(I)cc1. The number of methoxy groups -OCH3 is 1. The van der Waals surface area contributed by atoms with Gasteiger partial charge in [0.2, 0.25) is 0 Å². The van der Waals surface area contributed by atoms with Gasteiger partial charge in [0.1, 0.15) is 6.61 Å². The third-order valence-corrected chi connectivity index (χ3v) is 8.50. The van der Waals surface area contributed by atoms with Crippen molar-refractivity contribution in [2.45, 2.75) is 6.61 Å². The van der Waals surface area contributed by atoms with Gasteiger partial charge in [-0.25, -0.2) is 10.4 Å². The van der Waals surface area contributed by atoms with Gasteiger partial charge in [0, 0.05) is 30.8 Å². The van der Waals surface area contributed by atoms with Gasteiger partial charge in [-0.1, -0.05) is 35.9 Å². The zero-order chi connectivity index (χ0) is 29.5. The van der Waals surface area contributed by atoms with E-state index in [2.05, 4.69) is 66.0 Å². The fourth-order valence-electron chi connectivity index (χ4n) is 3.83. The molecule has 0 bridgehead atoms. The smallest absolute Gasteiger partial charge is 0.271 e. The van der Waals surface area contributed by atoms with E-state index < -0.39 is 0 Å². The van der Waals surface area contributed by atoms with Crippen LogP contribution in [0.25, 0.3) is 11.3 Å². The first-order chi connectivity index (χ1) is 20.4. The summed E-state index contributed by atoms with van der Waals surface area (Å²) in [6, 6.07) is 26.6. The molecule has 0 radical (unpaired) electrons. The molecule has 1 heterocycles. The normalized spacial score (nSPS) is 11.0. The summed E-state index contributed by atoms with van der Waals surface area (Å²) in [5.41, 5.74) is 7.53. The van der Waals surface area contributed by atoms with Gasteiger partial charge in [0.25, 0.3) is 5.91 Å². The van der Waals surface area contributed by atoms with E-state index in [1.807, 2.05) is 78.2 Å². The van der Waals surface area contributed by atoms with Gasteiger partial charge >= 0.3 is 0 Å². The van der Waals surface area contributed by atoms with E-state index in [4.69, 9.17) is 21.1 Å². The molecule has 11 heteroatoms. The van der Waals surface area contributed by atoms with Crippen LogP contribution in [-0.2, 0) is 6.61 Å². The lowest BCUT2D eigenvalue weighted by atomic mass is 10.1. The van der Waals surface area contributed by atoms with Crippen LogP contribution in [0, 0.1) is 7.14 Å². The largest absolute Gasteiger partial charge is 0.493 e. The third kappa shape index (κ3) is 8.00. The molecule has 0 spiro atoms. The Bertz CT molecular complexity index is 1710. The number of benzene rings is 4. The minimum atomic E-state index is -0.319. The quantitative estimate of drug-likeness (QED) is 0.0837. The molecule has 2 N–H and O–H groups in total. The average molecular weight is 821 g/mol. The highest BCUT2D eigenvalue weighted by molar-refractivity contribution is 14.1. The minimum absolute atomic E-state index is 0.319. The second-order valence-corrected chi connectivity index (χ2v) is 12.6. The summed E-state index contributed by atoms with van der Waals surface area (Å²) < 4.78 is 13.7. The Morgan fingerprint density at radius 1 is 1.02 bits per heavy atom. The Balaban J connectivity index is 1.18. The number of nitrogens with zero attached hydrogens (tertiary/aromatic N) is 2. The number of ether oxygens (including phenoxy) is 2. The van der Waals surface area contributed by atoms with Crippen LogP contribution in [0.1, 0.15) is 21.5 Å². The topological polar surface area (TPSA) is 84.8 Å². The lowest BCUT2D eigenvalue weighted by Crippen LogP contribution is -2.17. The molecule has 212 valence electrons. The standard InChI is InChI=1S/C31H23ClI2N4O3S/c1-40-28-15-20(14-26(34)29(28)41-17-19-2-10-24(33)11-3-19)16-35-38-30(39)22-6-4-21(5-7-22)27-18-42-31(37-27)36-25-12-8-23(32)9-13-25/h2-16,18H,17H2,1H3,(H,36,37)(H,38,39)/b35-16-. The molecule has 42 heavy (non-hydrogen) atoms. The van der Waals surface area contributed by atoms with Crippen LogP contribution in [0.3, 0.4) is 0 Å². The Hall–Kier alpha value is -3.20. The molecule has 0 saturated carbocycles. The summed E-state index contributed by atoms with van der Waals surface area (Å²) in [6.07, 6.45) is 1.57. The summed E-state index contributed by atoms with van der Waals surface area (Å²) >= 11 is 11.9. The molecule has 0 aliphatic carbocycles. The van der Waals surface area contributed by atoms with Gasteiger partial charge in [-0.3, -0.25) is 4.79 Å². The molecule has 1 aromatic heterocycles. The molecule has 0 aliphatic rings. The van der Waals surface area contributed by atoms with Crippen molar-refractivity contribution in [2.24, 2.45) is 5.10 Å². The molecule has 5 aromatic rings. The highest BCUT2D eigenvalue weighted by atomic mass is 127. The van der Waals surface area contributed by atoms with Gasteiger partial charge in [-0.15, -0.1) is 11.3 Å².